The van der Waals surface area contributed by atoms with Crippen molar-refractivity contribution in [2.45, 2.75) is 45.3 Å². The lowest BCUT2D eigenvalue weighted by Crippen LogP contribution is -2.61. The van der Waals surface area contributed by atoms with E-state index in [1.807, 2.05) is 24.3 Å². The molecule has 0 saturated carbocycles. The maximum absolute atomic E-state index is 12.0. The standard InChI is InChI=1S/C18H25N3O2/c1-18(2,3)21-8-6-15(21)12-20-17(22)19-11-13-4-5-16-14(10-13)7-9-23-16/h4-5,7,9-10,15H,6,8,11-12H2,1-3H3,(H2,19,20,22). The zero-order valence-corrected chi connectivity index (χ0v) is 14.1. The van der Waals surface area contributed by atoms with Gasteiger partial charge in [-0.25, -0.2) is 4.79 Å². The van der Waals surface area contributed by atoms with E-state index in [1.165, 1.54) is 0 Å². The Balaban J connectivity index is 1.44. The molecular weight excluding hydrogens is 290 g/mol. The van der Waals surface area contributed by atoms with Crippen molar-refractivity contribution in [2.24, 2.45) is 0 Å². The number of nitrogens with one attached hydrogen (secondary N) is 2. The molecule has 0 bridgehead atoms. The van der Waals surface area contributed by atoms with Crippen LogP contribution in [0.25, 0.3) is 11.0 Å². The molecule has 124 valence electrons. The molecule has 1 aliphatic heterocycles. The molecule has 23 heavy (non-hydrogen) atoms. The Bertz CT molecular complexity index is 687. The van der Waals surface area contributed by atoms with Crippen LogP contribution in [0.3, 0.4) is 0 Å². The first-order valence-electron chi connectivity index (χ1n) is 8.18. The lowest BCUT2D eigenvalue weighted by molar-refractivity contribution is 0.00382. The molecule has 1 saturated heterocycles. The molecule has 0 spiro atoms. The second kappa shape index (κ2) is 6.24. The van der Waals surface area contributed by atoms with Gasteiger partial charge in [0, 0.05) is 36.6 Å². The summed E-state index contributed by atoms with van der Waals surface area (Å²) < 4.78 is 5.32. The van der Waals surface area contributed by atoms with Gasteiger partial charge in [0.05, 0.1) is 6.26 Å². The fourth-order valence-corrected chi connectivity index (χ4v) is 3.12. The van der Waals surface area contributed by atoms with E-state index in [0.29, 0.717) is 19.1 Å². The van der Waals surface area contributed by atoms with Crippen LogP contribution in [0.4, 0.5) is 4.79 Å². The molecule has 2 aromatic rings. The van der Waals surface area contributed by atoms with E-state index in [1.54, 1.807) is 6.26 Å². The van der Waals surface area contributed by atoms with Crippen LogP contribution in [-0.4, -0.2) is 35.6 Å². The molecule has 1 fully saturated rings. The molecule has 5 heteroatoms. The Morgan fingerprint density at radius 2 is 2.13 bits per heavy atom. The quantitative estimate of drug-likeness (QED) is 0.911. The normalized spacial score (nSPS) is 18.7. The van der Waals surface area contributed by atoms with Crippen LogP contribution < -0.4 is 10.6 Å². The maximum Gasteiger partial charge on any atom is 0.315 e. The van der Waals surface area contributed by atoms with Crippen LogP contribution in [0.5, 0.6) is 0 Å². The number of hydrogen-bond donors (Lipinski definition) is 2. The number of hydrogen-bond acceptors (Lipinski definition) is 3. The van der Waals surface area contributed by atoms with Crippen molar-refractivity contribution in [3.63, 3.8) is 0 Å². The van der Waals surface area contributed by atoms with E-state index in [0.717, 1.165) is 29.5 Å². The zero-order chi connectivity index (χ0) is 16.4. The topological polar surface area (TPSA) is 57.5 Å². The van der Waals surface area contributed by atoms with Gasteiger partial charge in [0.15, 0.2) is 0 Å². The second-order valence-electron chi connectivity index (χ2n) is 7.16. The molecule has 1 aromatic carbocycles. The average molecular weight is 315 g/mol. The number of amides is 2. The Hall–Kier alpha value is -2.01. The number of furan rings is 1. The van der Waals surface area contributed by atoms with E-state index in [-0.39, 0.29) is 11.6 Å². The molecule has 5 nitrogen and oxygen atoms in total. The first-order valence-corrected chi connectivity index (χ1v) is 8.18. The highest BCUT2D eigenvalue weighted by Crippen LogP contribution is 2.26. The van der Waals surface area contributed by atoms with Crippen molar-refractivity contribution in [3.8, 4) is 0 Å². The van der Waals surface area contributed by atoms with Crippen LogP contribution in [0.2, 0.25) is 0 Å². The second-order valence-corrected chi connectivity index (χ2v) is 7.16. The third-order valence-corrected chi connectivity index (χ3v) is 4.47. The number of urea groups is 1. The summed E-state index contributed by atoms with van der Waals surface area (Å²) in [6.45, 7) is 8.97. The van der Waals surface area contributed by atoms with E-state index in [4.69, 9.17) is 4.42 Å². The largest absolute Gasteiger partial charge is 0.464 e. The summed E-state index contributed by atoms with van der Waals surface area (Å²) in [6, 6.07) is 8.20. The molecule has 1 unspecified atom stereocenters. The maximum atomic E-state index is 12.0. The molecule has 2 heterocycles. The van der Waals surface area contributed by atoms with E-state index in [9.17, 15) is 4.79 Å². The number of likely N-dealkylation sites (tertiary alicyclic amines) is 1. The summed E-state index contributed by atoms with van der Waals surface area (Å²) in [4.78, 5) is 14.4. The third kappa shape index (κ3) is 3.67. The van der Waals surface area contributed by atoms with Gasteiger partial charge in [0.2, 0.25) is 0 Å². The molecule has 2 N–H and O–H groups in total. The van der Waals surface area contributed by atoms with Crippen molar-refractivity contribution >= 4 is 17.0 Å². The van der Waals surface area contributed by atoms with Gasteiger partial charge in [-0.2, -0.15) is 0 Å². The lowest BCUT2D eigenvalue weighted by atomic mass is 9.93. The minimum Gasteiger partial charge on any atom is -0.464 e. The summed E-state index contributed by atoms with van der Waals surface area (Å²) in [5.41, 5.74) is 2.10. The van der Waals surface area contributed by atoms with Crippen LogP contribution in [0, 0.1) is 0 Å². The molecule has 3 rings (SSSR count). The zero-order valence-electron chi connectivity index (χ0n) is 14.1. The highest BCUT2D eigenvalue weighted by molar-refractivity contribution is 5.78. The Kier molecular flexibility index (Phi) is 4.31. The number of benzene rings is 1. The highest BCUT2D eigenvalue weighted by Gasteiger charge is 2.35. The number of carbonyl (C=O) groups is 1. The van der Waals surface area contributed by atoms with Gasteiger partial charge >= 0.3 is 6.03 Å². The molecule has 1 aliphatic rings. The molecule has 2 amide bonds. The van der Waals surface area contributed by atoms with E-state index in [2.05, 4.69) is 36.3 Å². The summed E-state index contributed by atoms with van der Waals surface area (Å²) >= 11 is 0. The minimum atomic E-state index is -0.113. The number of nitrogens with zero attached hydrogens (tertiary/aromatic N) is 1. The van der Waals surface area contributed by atoms with Crippen molar-refractivity contribution in [1.29, 1.82) is 0 Å². The average Bonchev–Trinajstić information content (AvgIpc) is 2.89. The smallest absolute Gasteiger partial charge is 0.315 e. The van der Waals surface area contributed by atoms with Crippen molar-refractivity contribution in [3.05, 3.63) is 36.1 Å². The Morgan fingerprint density at radius 1 is 1.30 bits per heavy atom. The minimum absolute atomic E-state index is 0.113. The number of fused-ring (bicyclic) bond motifs is 1. The van der Waals surface area contributed by atoms with Crippen LogP contribution in [0.15, 0.2) is 34.9 Å². The van der Waals surface area contributed by atoms with Gasteiger partial charge < -0.3 is 15.1 Å². The molecule has 0 radical (unpaired) electrons. The number of carbonyl (C=O) groups excluding carboxylic acids is 1. The number of rotatable bonds is 4. The summed E-state index contributed by atoms with van der Waals surface area (Å²) in [6.07, 6.45) is 2.82. The summed E-state index contributed by atoms with van der Waals surface area (Å²) in [5, 5.41) is 6.95. The summed E-state index contributed by atoms with van der Waals surface area (Å²) in [7, 11) is 0. The monoisotopic (exact) mass is 315 g/mol. The SMILES string of the molecule is CC(C)(C)N1CCC1CNC(=O)NCc1ccc2occc2c1. The van der Waals surface area contributed by atoms with Crippen LogP contribution in [-0.2, 0) is 6.54 Å². The van der Waals surface area contributed by atoms with Crippen LogP contribution >= 0.6 is 0 Å². The van der Waals surface area contributed by atoms with Gasteiger partial charge in [-0.1, -0.05) is 6.07 Å². The fourth-order valence-electron chi connectivity index (χ4n) is 3.12. The van der Waals surface area contributed by atoms with E-state index >= 15 is 0 Å². The van der Waals surface area contributed by atoms with Gasteiger partial charge in [0.1, 0.15) is 5.58 Å². The predicted molar refractivity (Wildman–Crippen MR) is 91.3 cm³/mol. The molecule has 0 aliphatic carbocycles. The highest BCUT2D eigenvalue weighted by atomic mass is 16.3. The van der Waals surface area contributed by atoms with Crippen LogP contribution in [0.1, 0.15) is 32.8 Å². The molecular formula is C18H25N3O2. The molecule has 1 aromatic heterocycles. The van der Waals surface area contributed by atoms with E-state index < -0.39 is 0 Å². The van der Waals surface area contributed by atoms with Gasteiger partial charge in [-0.05, 0) is 51.0 Å². The first-order chi connectivity index (χ1) is 10.9. The van der Waals surface area contributed by atoms with Crippen molar-refractivity contribution in [2.75, 3.05) is 13.1 Å². The Morgan fingerprint density at radius 3 is 2.83 bits per heavy atom. The Labute approximate surface area is 137 Å². The van der Waals surface area contributed by atoms with Gasteiger partial charge in [0.25, 0.3) is 0 Å². The van der Waals surface area contributed by atoms with Gasteiger partial charge in [-0.3, -0.25) is 4.90 Å². The lowest BCUT2D eigenvalue weighted by Gasteiger charge is -2.49. The fraction of sp³-hybridized carbons (Fsp3) is 0.500. The first kappa shape index (κ1) is 15.9. The molecule has 1 atom stereocenters. The third-order valence-electron chi connectivity index (χ3n) is 4.47. The van der Waals surface area contributed by atoms with Crippen molar-refractivity contribution in [1.82, 2.24) is 15.5 Å². The summed E-state index contributed by atoms with van der Waals surface area (Å²) in [5.74, 6) is 0. The van der Waals surface area contributed by atoms with Gasteiger partial charge in [-0.15, -0.1) is 0 Å². The predicted octanol–water partition coefficient (Wildman–Crippen LogP) is 3.10. The van der Waals surface area contributed by atoms with Crippen molar-refractivity contribution < 1.29 is 9.21 Å².